The van der Waals surface area contributed by atoms with Gasteiger partial charge in [0.25, 0.3) is 0 Å². The predicted molar refractivity (Wildman–Crippen MR) is 65.8 cm³/mol. The molecule has 0 bridgehead atoms. The summed E-state index contributed by atoms with van der Waals surface area (Å²) in [6.45, 7) is 5.54. The van der Waals surface area contributed by atoms with Gasteiger partial charge in [-0.2, -0.15) is 0 Å². The molecule has 88 valence electrons. The van der Waals surface area contributed by atoms with Crippen LogP contribution in [0.5, 0.6) is 0 Å². The van der Waals surface area contributed by atoms with E-state index < -0.39 is 0 Å². The number of aromatic nitrogens is 1. The molecule has 0 saturated carbocycles. The monoisotopic (exact) mass is 219 g/mol. The number of ketones is 1. The van der Waals surface area contributed by atoms with E-state index in [1.807, 2.05) is 0 Å². The van der Waals surface area contributed by atoms with Crippen LogP contribution in [0.2, 0.25) is 0 Å². The van der Waals surface area contributed by atoms with Crippen LogP contribution in [0.1, 0.15) is 55.5 Å². The predicted octanol–water partition coefficient (Wildman–Crippen LogP) is 3.44. The highest BCUT2D eigenvalue weighted by atomic mass is 16.1. The van der Waals surface area contributed by atoms with Gasteiger partial charge in [0.2, 0.25) is 0 Å². The lowest BCUT2D eigenvalue weighted by Crippen LogP contribution is -2.08. The van der Waals surface area contributed by atoms with Crippen molar-refractivity contribution in [2.45, 2.75) is 52.5 Å². The van der Waals surface area contributed by atoms with Crippen molar-refractivity contribution in [1.29, 1.82) is 0 Å². The first-order valence-corrected chi connectivity index (χ1v) is 6.46. The van der Waals surface area contributed by atoms with Gasteiger partial charge >= 0.3 is 0 Å². The maximum atomic E-state index is 11.7. The number of rotatable bonds is 4. The quantitative estimate of drug-likeness (QED) is 0.760. The molecule has 2 heteroatoms. The van der Waals surface area contributed by atoms with Crippen molar-refractivity contribution in [3.8, 4) is 0 Å². The van der Waals surface area contributed by atoms with Crippen molar-refractivity contribution in [1.82, 2.24) is 4.57 Å². The topological polar surface area (TPSA) is 22.0 Å². The third kappa shape index (κ3) is 2.21. The van der Waals surface area contributed by atoms with E-state index in [1.165, 1.54) is 18.4 Å². The van der Waals surface area contributed by atoms with Crippen molar-refractivity contribution in [3.05, 3.63) is 23.5 Å². The van der Waals surface area contributed by atoms with Crippen LogP contribution in [0.15, 0.2) is 12.4 Å². The SMILES string of the molecule is CCC(CC)Cn1cc2c(c1)C(=O)CCC2. The summed E-state index contributed by atoms with van der Waals surface area (Å²) in [6, 6.07) is 0. The molecular weight excluding hydrogens is 198 g/mol. The highest BCUT2D eigenvalue weighted by Gasteiger charge is 2.19. The first kappa shape index (κ1) is 11.4. The van der Waals surface area contributed by atoms with Gasteiger partial charge in [0.15, 0.2) is 5.78 Å². The number of carbonyl (C=O) groups is 1. The number of aryl methyl sites for hydroxylation is 1. The first-order chi connectivity index (χ1) is 7.74. The van der Waals surface area contributed by atoms with E-state index >= 15 is 0 Å². The van der Waals surface area contributed by atoms with Gasteiger partial charge in [-0.05, 0) is 24.3 Å². The highest BCUT2D eigenvalue weighted by Crippen LogP contribution is 2.23. The first-order valence-electron chi connectivity index (χ1n) is 6.46. The van der Waals surface area contributed by atoms with Crippen molar-refractivity contribution in [2.24, 2.45) is 5.92 Å². The van der Waals surface area contributed by atoms with Gasteiger partial charge < -0.3 is 4.57 Å². The Bertz CT molecular complexity index is 374. The minimum Gasteiger partial charge on any atom is -0.353 e. The molecular formula is C14H21NO. The van der Waals surface area contributed by atoms with Crippen LogP contribution in [-0.2, 0) is 13.0 Å². The van der Waals surface area contributed by atoms with E-state index in [9.17, 15) is 4.79 Å². The Balaban J connectivity index is 2.15. The molecule has 2 rings (SSSR count). The number of Topliss-reactive ketones (excluding diaryl/α,β-unsaturated/α-hetero) is 1. The van der Waals surface area contributed by atoms with Crippen molar-refractivity contribution in [2.75, 3.05) is 0 Å². The third-order valence-corrected chi connectivity index (χ3v) is 3.74. The van der Waals surface area contributed by atoms with Gasteiger partial charge in [0.1, 0.15) is 0 Å². The van der Waals surface area contributed by atoms with Crippen LogP contribution < -0.4 is 0 Å². The number of hydrogen-bond acceptors (Lipinski definition) is 1. The Morgan fingerprint density at radius 3 is 2.62 bits per heavy atom. The maximum absolute atomic E-state index is 11.7. The molecule has 1 aliphatic rings. The fraction of sp³-hybridized carbons (Fsp3) is 0.643. The Labute approximate surface area is 97.7 Å². The Morgan fingerprint density at radius 1 is 1.25 bits per heavy atom. The summed E-state index contributed by atoms with van der Waals surface area (Å²) in [4.78, 5) is 11.7. The van der Waals surface area contributed by atoms with E-state index in [1.54, 1.807) is 0 Å². The molecule has 0 fully saturated rings. The Morgan fingerprint density at radius 2 is 2.00 bits per heavy atom. The lowest BCUT2D eigenvalue weighted by Gasteiger charge is -2.12. The second-order valence-electron chi connectivity index (χ2n) is 4.85. The second kappa shape index (κ2) is 4.86. The smallest absolute Gasteiger partial charge is 0.164 e. The van der Waals surface area contributed by atoms with E-state index in [0.29, 0.717) is 5.78 Å². The average Bonchev–Trinajstić information content (AvgIpc) is 2.70. The molecule has 0 spiro atoms. The van der Waals surface area contributed by atoms with Gasteiger partial charge in [-0.15, -0.1) is 0 Å². The Kier molecular flexibility index (Phi) is 3.47. The number of carbonyl (C=O) groups excluding carboxylic acids is 1. The molecule has 0 unspecified atom stereocenters. The largest absolute Gasteiger partial charge is 0.353 e. The fourth-order valence-electron chi connectivity index (χ4n) is 2.53. The summed E-state index contributed by atoms with van der Waals surface area (Å²) >= 11 is 0. The van der Waals surface area contributed by atoms with Crippen LogP contribution in [0.3, 0.4) is 0 Å². The molecule has 0 radical (unpaired) electrons. The van der Waals surface area contributed by atoms with Crippen LogP contribution in [0.4, 0.5) is 0 Å². The van der Waals surface area contributed by atoms with Gasteiger partial charge in [-0.3, -0.25) is 4.79 Å². The minimum atomic E-state index is 0.338. The minimum absolute atomic E-state index is 0.338. The molecule has 0 N–H and O–H groups in total. The van der Waals surface area contributed by atoms with Crippen LogP contribution >= 0.6 is 0 Å². The van der Waals surface area contributed by atoms with Crippen molar-refractivity contribution >= 4 is 5.78 Å². The van der Waals surface area contributed by atoms with Gasteiger partial charge in [-0.1, -0.05) is 26.7 Å². The molecule has 1 heterocycles. The van der Waals surface area contributed by atoms with Gasteiger partial charge in [0.05, 0.1) is 0 Å². The van der Waals surface area contributed by atoms with E-state index in [0.717, 1.165) is 37.3 Å². The second-order valence-corrected chi connectivity index (χ2v) is 4.85. The standard InChI is InChI=1S/C14H21NO/c1-3-11(4-2)8-15-9-12-6-5-7-14(16)13(12)10-15/h9-11H,3-8H2,1-2H3. The molecule has 1 aromatic heterocycles. The zero-order valence-corrected chi connectivity index (χ0v) is 10.3. The van der Waals surface area contributed by atoms with E-state index in [2.05, 4.69) is 30.8 Å². The van der Waals surface area contributed by atoms with Crippen molar-refractivity contribution < 1.29 is 4.79 Å². The molecule has 0 amide bonds. The summed E-state index contributed by atoms with van der Waals surface area (Å²) in [5, 5.41) is 0. The summed E-state index contributed by atoms with van der Waals surface area (Å²) in [6.07, 6.45) is 9.53. The van der Waals surface area contributed by atoms with Crippen molar-refractivity contribution in [3.63, 3.8) is 0 Å². The van der Waals surface area contributed by atoms with E-state index in [4.69, 9.17) is 0 Å². The average molecular weight is 219 g/mol. The number of fused-ring (bicyclic) bond motifs is 1. The van der Waals surface area contributed by atoms with Gasteiger partial charge in [-0.25, -0.2) is 0 Å². The van der Waals surface area contributed by atoms with Crippen LogP contribution in [0, 0.1) is 5.92 Å². The van der Waals surface area contributed by atoms with E-state index in [-0.39, 0.29) is 0 Å². The Hall–Kier alpha value is -1.05. The normalized spacial score (nSPS) is 15.6. The summed E-state index contributed by atoms with van der Waals surface area (Å²) in [7, 11) is 0. The maximum Gasteiger partial charge on any atom is 0.164 e. The zero-order chi connectivity index (χ0) is 11.5. The molecule has 1 aliphatic carbocycles. The van der Waals surface area contributed by atoms with Crippen LogP contribution in [-0.4, -0.2) is 10.4 Å². The molecule has 0 aromatic carbocycles. The number of hydrogen-bond donors (Lipinski definition) is 0. The lowest BCUT2D eigenvalue weighted by molar-refractivity contribution is 0.0973. The molecule has 0 saturated heterocycles. The van der Waals surface area contributed by atoms with Crippen LogP contribution in [0.25, 0.3) is 0 Å². The molecule has 0 atom stereocenters. The third-order valence-electron chi connectivity index (χ3n) is 3.74. The summed E-state index contributed by atoms with van der Waals surface area (Å²) < 4.78 is 2.23. The molecule has 0 aliphatic heterocycles. The summed E-state index contributed by atoms with van der Waals surface area (Å²) in [5.41, 5.74) is 2.25. The zero-order valence-electron chi connectivity index (χ0n) is 10.3. The fourth-order valence-corrected chi connectivity index (χ4v) is 2.53. The number of nitrogens with zero attached hydrogens (tertiary/aromatic N) is 1. The molecule has 16 heavy (non-hydrogen) atoms. The highest BCUT2D eigenvalue weighted by molar-refractivity contribution is 5.98. The van der Waals surface area contributed by atoms with Gasteiger partial charge in [0, 0.05) is 30.9 Å². The summed E-state index contributed by atoms with van der Waals surface area (Å²) in [5.74, 6) is 1.08. The molecule has 1 aromatic rings. The molecule has 2 nitrogen and oxygen atoms in total. The lowest BCUT2D eigenvalue weighted by atomic mass is 9.95.